The second kappa shape index (κ2) is 6.88. The summed E-state index contributed by atoms with van der Waals surface area (Å²) in [5.74, 6) is 0. The number of thiophene rings is 1. The van der Waals surface area contributed by atoms with Gasteiger partial charge in [0.2, 0.25) is 0 Å². The molecule has 2 heterocycles. The van der Waals surface area contributed by atoms with E-state index in [-0.39, 0.29) is 0 Å². The molecule has 2 nitrogen and oxygen atoms in total. The first-order chi connectivity index (χ1) is 8.29. The van der Waals surface area contributed by atoms with Crippen LogP contribution in [-0.2, 0) is 11.2 Å². The van der Waals surface area contributed by atoms with Crippen molar-refractivity contribution in [3.05, 3.63) is 20.8 Å². The highest BCUT2D eigenvalue weighted by Gasteiger charge is 2.24. The van der Waals surface area contributed by atoms with Crippen LogP contribution in [-0.4, -0.2) is 25.3 Å². The number of hydrogen-bond acceptors (Lipinski definition) is 3. The highest BCUT2D eigenvalue weighted by molar-refractivity contribution is 9.10. The van der Waals surface area contributed by atoms with E-state index in [0.717, 1.165) is 19.6 Å². The van der Waals surface area contributed by atoms with E-state index in [2.05, 4.69) is 39.6 Å². The summed E-state index contributed by atoms with van der Waals surface area (Å²) in [5.41, 5.74) is 0. The van der Waals surface area contributed by atoms with Crippen LogP contribution in [0.3, 0.4) is 0 Å². The summed E-state index contributed by atoms with van der Waals surface area (Å²) >= 11 is 5.34. The monoisotopic (exact) mass is 317 g/mol. The van der Waals surface area contributed by atoms with Crippen molar-refractivity contribution in [2.24, 2.45) is 0 Å². The number of likely N-dealkylation sites (N-methyl/N-ethyl adjacent to an activating group) is 1. The van der Waals surface area contributed by atoms with Crippen molar-refractivity contribution in [1.29, 1.82) is 0 Å². The van der Waals surface area contributed by atoms with Crippen LogP contribution in [0.2, 0.25) is 0 Å². The van der Waals surface area contributed by atoms with Gasteiger partial charge in [-0.05, 0) is 54.2 Å². The lowest BCUT2D eigenvalue weighted by atomic mass is 9.99. The molecule has 2 unspecified atom stereocenters. The first-order valence-corrected chi connectivity index (χ1v) is 8.04. The smallest absolute Gasteiger partial charge is 0.0731 e. The maximum absolute atomic E-state index is 5.90. The normalized spacial score (nSPS) is 22.6. The molecule has 2 atom stereocenters. The Morgan fingerprint density at radius 2 is 2.47 bits per heavy atom. The van der Waals surface area contributed by atoms with Crippen molar-refractivity contribution < 1.29 is 4.74 Å². The fraction of sp³-hybridized carbons (Fsp3) is 0.692. The quantitative estimate of drug-likeness (QED) is 0.896. The van der Waals surface area contributed by atoms with Crippen LogP contribution in [0.5, 0.6) is 0 Å². The van der Waals surface area contributed by atoms with Gasteiger partial charge in [0.05, 0.1) is 6.10 Å². The van der Waals surface area contributed by atoms with Gasteiger partial charge in [-0.2, -0.15) is 0 Å². The van der Waals surface area contributed by atoms with Gasteiger partial charge in [0.1, 0.15) is 0 Å². The molecule has 0 saturated carbocycles. The summed E-state index contributed by atoms with van der Waals surface area (Å²) in [6, 6.07) is 2.68. The largest absolute Gasteiger partial charge is 0.377 e. The second-order valence-electron chi connectivity index (χ2n) is 4.50. The Morgan fingerprint density at radius 1 is 1.59 bits per heavy atom. The molecule has 0 amide bonds. The van der Waals surface area contributed by atoms with Crippen molar-refractivity contribution in [2.45, 2.75) is 44.8 Å². The van der Waals surface area contributed by atoms with E-state index in [0.29, 0.717) is 12.1 Å². The highest BCUT2D eigenvalue weighted by Crippen LogP contribution is 2.24. The first kappa shape index (κ1) is 13.5. The molecule has 0 aliphatic carbocycles. The van der Waals surface area contributed by atoms with Crippen molar-refractivity contribution in [2.75, 3.05) is 13.2 Å². The van der Waals surface area contributed by atoms with E-state index in [4.69, 9.17) is 4.74 Å². The van der Waals surface area contributed by atoms with E-state index < -0.39 is 0 Å². The molecule has 1 N–H and O–H groups in total. The van der Waals surface area contributed by atoms with Crippen molar-refractivity contribution in [3.63, 3.8) is 0 Å². The van der Waals surface area contributed by atoms with E-state index in [9.17, 15) is 0 Å². The van der Waals surface area contributed by atoms with Gasteiger partial charge in [0, 0.05) is 27.4 Å². The lowest BCUT2D eigenvalue weighted by Crippen LogP contribution is -2.44. The fourth-order valence-electron chi connectivity index (χ4n) is 2.36. The summed E-state index contributed by atoms with van der Waals surface area (Å²) in [4.78, 5) is 1.43. The Kier molecular flexibility index (Phi) is 5.48. The topological polar surface area (TPSA) is 21.3 Å². The SMILES string of the molecule is CCNC(Cc1cc(Br)cs1)C1CCCCO1. The van der Waals surface area contributed by atoms with E-state index in [1.165, 1.54) is 28.6 Å². The van der Waals surface area contributed by atoms with Gasteiger partial charge in [-0.1, -0.05) is 6.92 Å². The standard InChI is InChI=1S/C13H20BrNOS/c1-2-15-12(13-5-3-4-6-16-13)8-11-7-10(14)9-17-11/h7,9,12-13,15H,2-6,8H2,1H3. The third-order valence-corrected chi connectivity index (χ3v) is 4.89. The van der Waals surface area contributed by atoms with Crippen molar-refractivity contribution in [1.82, 2.24) is 5.32 Å². The van der Waals surface area contributed by atoms with E-state index in [1.807, 2.05) is 11.3 Å². The Hall–Kier alpha value is 0.1000. The number of rotatable bonds is 5. The van der Waals surface area contributed by atoms with Gasteiger partial charge < -0.3 is 10.1 Å². The average molecular weight is 318 g/mol. The first-order valence-electron chi connectivity index (χ1n) is 6.37. The van der Waals surface area contributed by atoms with Crippen molar-refractivity contribution >= 4 is 27.3 Å². The summed E-state index contributed by atoms with van der Waals surface area (Å²) in [6.45, 7) is 4.11. The minimum atomic E-state index is 0.393. The Balaban J connectivity index is 1.95. The number of halogens is 1. The molecule has 0 aromatic carbocycles. The second-order valence-corrected chi connectivity index (χ2v) is 6.42. The molecule has 1 aromatic rings. The van der Waals surface area contributed by atoms with Crippen LogP contribution in [0.1, 0.15) is 31.1 Å². The molecule has 4 heteroatoms. The van der Waals surface area contributed by atoms with Crippen LogP contribution in [0.15, 0.2) is 15.9 Å². The molecule has 96 valence electrons. The molecular weight excluding hydrogens is 298 g/mol. The average Bonchev–Trinajstić information content (AvgIpc) is 2.75. The molecule has 17 heavy (non-hydrogen) atoms. The maximum Gasteiger partial charge on any atom is 0.0731 e. The Bertz CT molecular complexity index is 336. The van der Waals surface area contributed by atoms with E-state index in [1.54, 1.807) is 0 Å². The van der Waals surface area contributed by atoms with Gasteiger partial charge in [-0.15, -0.1) is 11.3 Å². The molecular formula is C13H20BrNOS. The molecule has 1 aromatic heterocycles. The third kappa shape index (κ3) is 4.05. The molecule has 0 bridgehead atoms. The van der Waals surface area contributed by atoms with Crippen LogP contribution < -0.4 is 5.32 Å². The molecule has 1 saturated heterocycles. The molecule has 0 spiro atoms. The predicted octanol–water partition coefficient (Wildman–Crippen LogP) is 3.60. The lowest BCUT2D eigenvalue weighted by molar-refractivity contribution is -0.00693. The van der Waals surface area contributed by atoms with Gasteiger partial charge >= 0.3 is 0 Å². The van der Waals surface area contributed by atoms with Gasteiger partial charge in [0.25, 0.3) is 0 Å². The Morgan fingerprint density at radius 3 is 3.06 bits per heavy atom. The van der Waals surface area contributed by atoms with E-state index >= 15 is 0 Å². The molecule has 2 rings (SSSR count). The minimum Gasteiger partial charge on any atom is -0.377 e. The van der Waals surface area contributed by atoms with Gasteiger partial charge in [-0.3, -0.25) is 0 Å². The summed E-state index contributed by atoms with van der Waals surface area (Å²) in [6.07, 6.45) is 5.20. The predicted molar refractivity (Wildman–Crippen MR) is 76.8 cm³/mol. The minimum absolute atomic E-state index is 0.393. The van der Waals surface area contributed by atoms with Crippen LogP contribution in [0.25, 0.3) is 0 Å². The molecule has 0 radical (unpaired) electrons. The van der Waals surface area contributed by atoms with Gasteiger partial charge in [0.15, 0.2) is 0 Å². The molecule has 1 aliphatic rings. The van der Waals surface area contributed by atoms with Crippen LogP contribution in [0.4, 0.5) is 0 Å². The molecule has 1 fully saturated rings. The third-order valence-electron chi connectivity index (χ3n) is 3.17. The maximum atomic E-state index is 5.90. The highest BCUT2D eigenvalue weighted by atomic mass is 79.9. The lowest BCUT2D eigenvalue weighted by Gasteiger charge is -2.30. The zero-order valence-electron chi connectivity index (χ0n) is 10.2. The van der Waals surface area contributed by atoms with Crippen LogP contribution >= 0.6 is 27.3 Å². The number of ether oxygens (including phenoxy) is 1. The number of hydrogen-bond donors (Lipinski definition) is 1. The zero-order valence-corrected chi connectivity index (χ0v) is 12.6. The van der Waals surface area contributed by atoms with Crippen molar-refractivity contribution in [3.8, 4) is 0 Å². The Labute approximate surface area is 116 Å². The zero-order chi connectivity index (χ0) is 12.1. The summed E-state index contributed by atoms with van der Waals surface area (Å²) in [7, 11) is 0. The fourth-order valence-corrected chi connectivity index (χ4v) is 3.87. The number of nitrogens with one attached hydrogen (secondary N) is 1. The molecule has 1 aliphatic heterocycles. The van der Waals surface area contributed by atoms with Crippen LogP contribution in [0, 0.1) is 0 Å². The summed E-state index contributed by atoms with van der Waals surface area (Å²) < 4.78 is 7.09. The summed E-state index contributed by atoms with van der Waals surface area (Å²) in [5, 5.41) is 5.73. The van der Waals surface area contributed by atoms with Gasteiger partial charge in [-0.25, -0.2) is 0 Å².